The molecule has 11 atom stereocenters. The van der Waals surface area contributed by atoms with Crippen molar-refractivity contribution >= 4 is 11.9 Å². The van der Waals surface area contributed by atoms with Crippen LogP contribution in [0.5, 0.6) is 0 Å². The summed E-state index contributed by atoms with van der Waals surface area (Å²) in [5.41, 5.74) is 0. The summed E-state index contributed by atoms with van der Waals surface area (Å²) >= 11 is 0. The van der Waals surface area contributed by atoms with Gasteiger partial charge in [-0.15, -0.1) is 0 Å². The first kappa shape index (κ1) is 56.6. The van der Waals surface area contributed by atoms with Crippen LogP contribution in [0.2, 0.25) is 0 Å². The average Bonchev–Trinajstić information content (AvgIpc) is 3.28. The molecule has 7 N–H and O–H groups in total. The number of aliphatic hydroxyl groups excluding tert-OH is 7. The number of ether oxygens (including phenoxy) is 6. The summed E-state index contributed by atoms with van der Waals surface area (Å²) in [5, 5.41) is 71.9. The Labute approximate surface area is 376 Å². The van der Waals surface area contributed by atoms with Gasteiger partial charge in [0.05, 0.1) is 19.8 Å². The number of rotatable bonds is 35. The minimum absolute atomic E-state index is 0.113. The topological polar surface area (TPSA) is 231 Å². The molecule has 2 saturated heterocycles. The Kier molecular flexibility index (Phi) is 32.1. The van der Waals surface area contributed by atoms with E-state index >= 15 is 0 Å². The molecule has 0 saturated carbocycles. The normalized spacial score (nSPS) is 27.3. The zero-order valence-electron chi connectivity index (χ0n) is 38.0. The fourth-order valence-corrected chi connectivity index (χ4v) is 7.15. The third kappa shape index (κ3) is 24.5. The van der Waals surface area contributed by atoms with Gasteiger partial charge in [-0.25, -0.2) is 0 Å². The Balaban J connectivity index is 1.87. The third-order valence-electron chi connectivity index (χ3n) is 11.1. The molecule has 2 heterocycles. The lowest BCUT2D eigenvalue weighted by atomic mass is 9.98. The molecule has 63 heavy (non-hydrogen) atoms. The van der Waals surface area contributed by atoms with Crippen molar-refractivity contribution in [2.24, 2.45) is 0 Å². The lowest BCUT2D eigenvalue weighted by molar-refractivity contribution is -0.332. The molecule has 0 aromatic carbocycles. The van der Waals surface area contributed by atoms with E-state index in [0.29, 0.717) is 12.8 Å². The Bertz CT molecular complexity index is 1290. The van der Waals surface area contributed by atoms with Crippen LogP contribution in [0.1, 0.15) is 149 Å². The van der Waals surface area contributed by atoms with Gasteiger partial charge in [-0.1, -0.05) is 133 Å². The molecule has 0 amide bonds. The average molecular weight is 899 g/mol. The van der Waals surface area contributed by atoms with Gasteiger partial charge in [0, 0.05) is 12.8 Å². The number of allylic oxidation sites excluding steroid dienone is 8. The summed E-state index contributed by atoms with van der Waals surface area (Å²) in [6.07, 6.45) is 20.1. The number of unbranched alkanes of at least 4 members (excludes halogenated alkanes) is 13. The zero-order chi connectivity index (χ0) is 46.1. The van der Waals surface area contributed by atoms with Gasteiger partial charge >= 0.3 is 11.9 Å². The number of esters is 2. The van der Waals surface area contributed by atoms with Gasteiger partial charge in [0.15, 0.2) is 18.7 Å². The lowest BCUT2D eigenvalue weighted by Crippen LogP contribution is -2.61. The summed E-state index contributed by atoms with van der Waals surface area (Å²) in [6, 6.07) is 0. The lowest BCUT2D eigenvalue weighted by Gasteiger charge is -2.42. The maximum Gasteiger partial charge on any atom is 0.306 e. The molecule has 0 aliphatic carbocycles. The molecule has 4 unspecified atom stereocenters. The first-order valence-corrected chi connectivity index (χ1v) is 23.7. The smallest absolute Gasteiger partial charge is 0.306 e. The van der Waals surface area contributed by atoms with E-state index in [1.54, 1.807) is 0 Å². The second-order valence-corrected chi connectivity index (χ2v) is 16.6. The SMILES string of the molecule is CC/C=C/C/C=C/C/C=C/C/C=C/CCCCC(=O)O[C@H](COC(=O)CCCCCCCCCCCCCC)CO[C@@H]1O[C@H](CO[C@@H]2O[C@H](CO)[C@H](O)C(O)C2O)[C@H](O)C(O)C1O. The Morgan fingerprint density at radius 1 is 0.524 bits per heavy atom. The number of aliphatic hydroxyl groups is 7. The molecule has 0 spiro atoms. The van der Waals surface area contributed by atoms with Crippen LogP contribution in [-0.4, -0.2) is 142 Å². The van der Waals surface area contributed by atoms with Crippen LogP contribution in [-0.2, 0) is 38.0 Å². The van der Waals surface area contributed by atoms with Crippen LogP contribution in [0, 0.1) is 0 Å². The van der Waals surface area contributed by atoms with Gasteiger partial charge in [-0.3, -0.25) is 9.59 Å². The molecule has 2 aliphatic heterocycles. The molecular weight excluding hydrogens is 817 g/mol. The summed E-state index contributed by atoms with van der Waals surface area (Å²) < 4.78 is 33.4. The van der Waals surface area contributed by atoms with Crippen molar-refractivity contribution in [1.29, 1.82) is 0 Å². The number of carbonyl (C=O) groups excluding carboxylic acids is 2. The minimum atomic E-state index is -1.77. The Hall–Kier alpha value is -2.54. The maximum atomic E-state index is 12.9. The van der Waals surface area contributed by atoms with E-state index in [-0.39, 0.29) is 19.4 Å². The largest absolute Gasteiger partial charge is 0.462 e. The van der Waals surface area contributed by atoms with E-state index < -0.39 is 99.3 Å². The molecule has 2 aliphatic rings. The quantitative estimate of drug-likeness (QED) is 0.0235. The monoisotopic (exact) mass is 899 g/mol. The fraction of sp³-hybridized carbons (Fsp3) is 0.792. The van der Waals surface area contributed by atoms with Gasteiger partial charge in [-0.2, -0.15) is 0 Å². The van der Waals surface area contributed by atoms with Gasteiger partial charge in [0.25, 0.3) is 0 Å². The highest BCUT2D eigenvalue weighted by Crippen LogP contribution is 2.26. The molecule has 0 aromatic heterocycles. The van der Waals surface area contributed by atoms with Gasteiger partial charge in [0.1, 0.15) is 55.4 Å². The molecule has 15 nitrogen and oxygen atoms in total. The number of hydrogen-bond acceptors (Lipinski definition) is 15. The molecule has 0 aromatic rings. The highest BCUT2D eigenvalue weighted by molar-refractivity contribution is 5.70. The Morgan fingerprint density at radius 2 is 1.00 bits per heavy atom. The predicted molar refractivity (Wildman–Crippen MR) is 238 cm³/mol. The molecule has 0 radical (unpaired) electrons. The van der Waals surface area contributed by atoms with Crippen LogP contribution in [0.4, 0.5) is 0 Å². The molecule has 2 fully saturated rings. The summed E-state index contributed by atoms with van der Waals surface area (Å²) in [5.74, 6) is -0.976. The summed E-state index contributed by atoms with van der Waals surface area (Å²) in [6.45, 7) is 2.40. The van der Waals surface area contributed by atoms with Crippen LogP contribution < -0.4 is 0 Å². The molecule has 2 rings (SSSR count). The second-order valence-electron chi connectivity index (χ2n) is 16.6. The van der Waals surface area contributed by atoms with E-state index in [1.807, 2.05) is 0 Å². The van der Waals surface area contributed by atoms with Crippen molar-refractivity contribution in [2.45, 2.75) is 216 Å². The third-order valence-corrected chi connectivity index (χ3v) is 11.1. The van der Waals surface area contributed by atoms with Crippen LogP contribution >= 0.6 is 0 Å². The minimum Gasteiger partial charge on any atom is -0.462 e. The van der Waals surface area contributed by atoms with Crippen molar-refractivity contribution in [3.63, 3.8) is 0 Å². The van der Waals surface area contributed by atoms with Crippen molar-refractivity contribution in [3.05, 3.63) is 48.6 Å². The number of carbonyl (C=O) groups is 2. The van der Waals surface area contributed by atoms with Gasteiger partial charge in [-0.05, 0) is 51.4 Å². The predicted octanol–water partition coefficient (Wildman–Crippen LogP) is 5.54. The van der Waals surface area contributed by atoms with E-state index in [9.17, 15) is 45.3 Å². The highest BCUT2D eigenvalue weighted by atomic mass is 16.7. The van der Waals surface area contributed by atoms with E-state index in [1.165, 1.54) is 51.4 Å². The molecule has 0 bridgehead atoms. The zero-order valence-corrected chi connectivity index (χ0v) is 38.0. The van der Waals surface area contributed by atoms with Gasteiger partial charge < -0.3 is 64.2 Å². The van der Waals surface area contributed by atoms with Gasteiger partial charge in [0.2, 0.25) is 0 Å². The summed E-state index contributed by atoms with van der Waals surface area (Å²) in [4.78, 5) is 25.6. The standard InChI is InChI=1S/C48H82O15/c1-3-5-7-9-11-13-15-17-18-19-21-23-25-27-29-31-40(51)61-36(33-58-39(50)30-28-26-24-22-20-16-14-12-10-8-6-4-2)34-59-47-46(57)44(55)42(53)38(63-47)35-60-48-45(56)43(54)41(52)37(32-49)62-48/h5,7,11,13,17-18,21,23,36-38,41-49,52-57H,3-4,6,8-10,12,14-16,19-20,22,24-35H2,1-2H3/b7-5+,13-11+,18-17+,23-21+/t36-,37-,38-,41+,42+,43?,44?,45?,46?,47-,48-/m1/s1. The first-order valence-electron chi connectivity index (χ1n) is 23.7. The second kappa shape index (κ2) is 35.7. The van der Waals surface area contributed by atoms with E-state index in [0.717, 1.165) is 57.8 Å². The summed E-state index contributed by atoms with van der Waals surface area (Å²) in [7, 11) is 0. The Morgan fingerprint density at radius 3 is 1.57 bits per heavy atom. The van der Waals surface area contributed by atoms with Crippen molar-refractivity contribution in [1.82, 2.24) is 0 Å². The number of hydrogen-bond donors (Lipinski definition) is 7. The molecular formula is C48H82O15. The van der Waals surface area contributed by atoms with Crippen molar-refractivity contribution < 1.29 is 73.8 Å². The van der Waals surface area contributed by atoms with Crippen molar-refractivity contribution in [2.75, 3.05) is 26.4 Å². The van der Waals surface area contributed by atoms with Crippen LogP contribution in [0.15, 0.2) is 48.6 Å². The van der Waals surface area contributed by atoms with Crippen LogP contribution in [0.25, 0.3) is 0 Å². The molecule has 15 heteroatoms. The molecule has 364 valence electrons. The maximum absolute atomic E-state index is 12.9. The van der Waals surface area contributed by atoms with E-state index in [2.05, 4.69) is 62.5 Å². The highest BCUT2D eigenvalue weighted by Gasteiger charge is 2.47. The fourth-order valence-electron chi connectivity index (χ4n) is 7.15. The van der Waals surface area contributed by atoms with Crippen LogP contribution in [0.3, 0.4) is 0 Å². The first-order chi connectivity index (χ1) is 30.5. The van der Waals surface area contributed by atoms with Crippen molar-refractivity contribution in [3.8, 4) is 0 Å². The van der Waals surface area contributed by atoms with E-state index in [4.69, 9.17) is 28.4 Å².